The summed E-state index contributed by atoms with van der Waals surface area (Å²) < 4.78 is 0. The van der Waals surface area contributed by atoms with Gasteiger partial charge in [-0.05, 0) is 0 Å². The van der Waals surface area contributed by atoms with Gasteiger partial charge in [-0.15, -0.1) is 0 Å². The summed E-state index contributed by atoms with van der Waals surface area (Å²) in [4.78, 5) is 28.1. The van der Waals surface area contributed by atoms with Gasteiger partial charge in [0.05, 0.1) is 33.0 Å². The molecule has 0 saturated heterocycles. The number of nitro groups is 3. The van der Waals surface area contributed by atoms with Gasteiger partial charge in [0.2, 0.25) is 0 Å². The third kappa shape index (κ3) is 3.22. The first-order chi connectivity index (χ1) is 6.91. The Bertz CT molecular complexity index is 383. The first-order valence-corrected chi connectivity index (χ1v) is 3.50. The van der Waals surface area contributed by atoms with E-state index in [1.54, 1.807) is 0 Å². The number of nitro benzene ring substituents is 3. The summed E-state index contributed by atoms with van der Waals surface area (Å²) in [5, 5.41) is 30.9. The predicted octanol–water partition coefficient (Wildman–Crippen LogP) is 0.763. The molecule has 0 atom stereocenters. The van der Waals surface area contributed by atoms with Crippen molar-refractivity contribution in [3.63, 3.8) is 0 Å². The summed E-state index contributed by atoms with van der Waals surface area (Å²) in [6, 6.07) is 1.98. The zero-order chi connectivity index (χ0) is 11.6. The molecular formula is C6H4N3NaO6. The molecule has 10 heteroatoms. The van der Waals surface area contributed by atoms with Crippen LogP contribution in [0.2, 0.25) is 0 Å². The van der Waals surface area contributed by atoms with Crippen LogP contribution in [-0.4, -0.2) is 44.3 Å². The number of nitrogens with zero attached hydrogens (tertiary/aromatic N) is 3. The molecule has 1 aromatic carbocycles. The Morgan fingerprint density at radius 3 is 1.00 bits per heavy atom. The van der Waals surface area contributed by atoms with E-state index in [0.717, 1.165) is 0 Å². The van der Waals surface area contributed by atoms with Gasteiger partial charge in [0.1, 0.15) is 0 Å². The van der Waals surface area contributed by atoms with Gasteiger partial charge in [0, 0.05) is 0 Å². The third-order valence-electron chi connectivity index (χ3n) is 1.52. The van der Waals surface area contributed by atoms with Crippen LogP contribution in [-0.2, 0) is 0 Å². The van der Waals surface area contributed by atoms with Gasteiger partial charge in [-0.1, -0.05) is 0 Å². The van der Waals surface area contributed by atoms with E-state index >= 15 is 0 Å². The van der Waals surface area contributed by atoms with E-state index in [4.69, 9.17) is 0 Å². The second-order valence-electron chi connectivity index (χ2n) is 2.48. The summed E-state index contributed by atoms with van der Waals surface area (Å²) in [7, 11) is 0. The fourth-order valence-corrected chi connectivity index (χ4v) is 0.896. The molecular weight excluding hydrogens is 233 g/mol. The Hall–Kier alpha value is -1.58. The zero-order valence-corrected chi connectivity index (χ0v) is 7.02. The quantitative estimate of drug-likeness (QED) is 0.433. The molecule has 0 N–H and O–H groups in total. The maximum absolute atomic E-state index is 10.3. The third-order valence-corrected chi connectivity index (χ3v) is 1.52. The molecule has 0 spiro atoms. The van der Waals surface area contributed by atoms with Crippen LogP contribution in [0.1, 0.15) is 0 Å². The van der Waals surface area contributed by atoms with Crippen LogP contribution in [0.15, 0.2) is 18.2 Å². The van der Waals surface area contributed by atoms with Crippen molar-refractivity contribution in [3.05, 3.63) is 48.5 Å². The molecule has 16 heavy (non-hydrogen) atoms. The molecule has 0 bridgehead atoms. The molecule has 1 rings (SSSR count). The van der Waals surface area contributed by atoms with Gasteiger partial charge in [-0.3, -0.25) is 30.3 Å². The maximum atomic E-state index is 10.3. The van der Waals surface area contributed by atoms with Gasteiger partial charge in [0.15, 0.2) is 0 Å². The molecule has 0 aliphatic carbocycles. The van der Waals surface area contributed by atoms with Crippen LogP contribution < -0.4 is 0 Å². The Kier molecular flexibility index (Phi) is 4.95. The van der Waals surface area contributed by atoms with Crippen molar-refractivity contribution in [3.8, 4) is 0 Å². The van der Waals surface area contributed by atoms with Crippen LogP contribution in [0.3, 0.4) is 0 Å². The van der Waals surface area contributed by atoms with Crippen molar-refractivity contribution in [1.82, 2.24) is 0 Å². The molecule has 0 radical (unpaired) electrons. The average molecular weight is 237 g/mol. The van der Waals surface area contributed by atoms with E-state index in [0.29, 0.717) is 18.2 Å². The topological polar surface area (TPSA) is 129 Å². The molecule has 0 fully saturated rings. The molecule has 0 amide bonds. The number of benzene rings is 1. The summed E-state index contributed by atoms with van der Waals surface area (Å²) in [5.41, 5.74) is -2.05. The van der Waals surface area contributed by atoms with E-state index < -0.39 is 31.8 Å². The zero-order valence-electron chi connectivity index (χ0n) is 7.02. The fourth-order valence-electron chi connectivity index (χ4n) is 0.896. The van der Waals surface area contributed by atoms with E-state index in [2.05, 4.69) is 0 Å². The molecule has 0 heterocycles. The van der Waals surface area contributed by atoms with Gasteiger partial charge in [-0.25, -0.2) is 0 Å². The van der Waals surface area contributed by atoms with E-state index in [1.165, 1.54) is 0 Å². The van der Waals surface area contributed by atoms with Crippen LogP contribution in [0, 0.1) is 30.3 Å². The normalized spacial score (nSPS) is 9.00. The second kappa shape index (κ2) is 5.49. The summed E-state index contributed by atoms with van der Waals surface area (Å²) in [6.07, 6.45) is 0. The van der Waals surface area contributed by atoms with Gasteiger partial charge < -0.3 is 0 Å². The van der Waals surface area contributed by atoms with E-state index in [9.17, 15) is 30.3 Å². The van der Waals surface area contributed by atoms with Gasteiger partial charge >= 0.3 is 29.6 Å². The molecule has 0 aliphatic rings. The number of rotatable bonds is 3. The Labute approximate surface area is 110 Å². The molecule has 80 valence electrons. The first-order valence-electron chi connectivity index (χ1n) is 3.50. The van der Waals surface area contributed by atoms with Crippen LogP contribution in [0.4, 0.5) is 17.1 Å². The fraction of sp³-hybridized carbons (Fsp3) is 0. The minimum absolute atomic E-state index is 0. The Morgan fingerprint density at radius 1 is 0.688 bits per heavy atom. The Morgan fingerprint density at radius 2 is 0.875 bits per heavy atom. The average Bonchev–Trinajstić information content (AvgIpc) is 2.16. The SMILES string of the molecule is O=[N+]([O-])c1cc([N+](=O)[O-])cc([N+](=O)[O-])c1.[NaH]. The second-order valence-corrected chi connectivity index (χ2v) is 2.48. The van der Waals surface area contributed by atoms with Crippen LogP contribution in [0.5, 0.6) is 0 Å². The van der Waals surface area contributed by atoms with Gasteiger partial charge in [0.25, 0.3) is 17.1 Å². The monoisotopic (exact) mass is 237 g/mol. The van der Waals surface area contributed by atoms with Crippen LogP contribution in [0.25, 0.3) is 0 Å². The number of hydrogen-bond acceptors (Lipinski definition) is 6. The Balaban J connectivity index is 0.00000225. The molecule has 0 aliphatic heterocycles. The van der Waals surface area contributed by atoms with Crippen molar-refractivity contribution in [1.29, 1.82) is 0 Å². The van der Waals surface area contributed by atoms with Crippen molar-refractivity contribution >= 4 is 46.6 Å². The molecule has 0 unspecified atom stereocenters. The van der Waals surface area contributed by atoms with Crippen molar-refractivity contribution in [2.45, 2.75) is 0 Å². The van der Waals surface area contributed by atoms with E-state index in [1.807, 2.05) is 0 Å². The summed E-state index contributed by atoms with van der Waals surface area (Å²) >= 11 is 0. The molecule has 0 saturated carbocycles. The summed E-state index contributed by atoms with van der Waals surface area (Å²) in [6.45, 7) is 0. The number of non-ortho nitro benzene ring substituents is 3. The standard InChI is InChI=1S/C6H3N3O6.Na.H/c10-7(11)4-1-5(8(12)13)3-6(2-4)9(14)15;;/h1-3H;;. The van der Waals surface area contributed by atoms with E-state index in [-0.39, 0.29) is 29.6 Å². The molecule has 9 nitrogen and oxygen atoms in total. The number of hydrogen-bond donors (Lipinski definition) is 0. The van der Waals surface area contributed by atoms with Crippen LogP contribution >= 0.6 is 0 Å². The molecule has 0 aromatic heterocycles. The molecule has 1 aromatic rings. The van der Waals surface area contributed by atoms with Gasteiger partial charge in [-0.2, -0.15) is 0 Å². The minimum atomic E-state index is -0.931. The summed E-state index contributed by atoms with van der Waals surface area (Å²) in [5.74, 6) is 0. The van der Waals surface area contributed by atoms with Crippen molar-refractivity contribution in [2.75, 3.05) is 0 Å². The van der Waals surface area contributed by atoms with Crippen molar-refractivity contribution in [2.24, 2.45) is 0 Å². The first kappa shape index (κ1) is 14.4. The predicted molar refractivity (Wildman–Crippen MR) is 53.6 cm³/mol. The van der Waals surface area contributed by atoms with Crippen molar-refractivity contribution < 1.29 is 14.8 Å².